The van der Waals surface area contributed by atoms with Crippen molar-refractivity contribution in [2.75, 3.05) is 38.3 Å². The van der Waals surface area contributed by atoms with Crippen LogP contribution in [0.3, 0.4) is 0 Å². The summed E-state index contributed by atoms with van der Waals surface area (Å²) in [6.07, 6.45) is -8.38. The lowest BCUT2D eigenvalue weighted by Gasteiger charge is -2.27. The van der Waals surface area contributed by atoms with Crippen LogP contribution < -0.4 is 4.90 Å². The second kappa shape index (κ2) is 12.4. The van der Waals surface area contributed by atoms with Gasteiger partial charge in [-0.3, -0.25) is 0 Å². The molecule has 0 saturated carbocycles. The second-order valence-electron chi connectivity index (χ2n) is 8.21. The van der Waals surface area contributed by atoms with E-state index in [2.05, 4.69) is 15.3 Å². The smallest absolute Gasteiger partial charge is 0.416 e. The van der Waals surface area contributed by atoms with Crippen molar-refractivity contribution in [1.29, 1.82) is 0 Å². The van der Waals surface area contributed by atoms with Gasteiger partial charge in [0.1, 0.15) is 11.4 Å². The van der Waals surface area contributed by atoms with Crippen molar-refractivity contribution in [3.05, 3.63) is 82.0 Å². The number of morpholine rings is 1. The predicted molar refractivity (Wildman–Crippen MR) is 127 cm³/mol. The summed E-state index contributed by atoms with van der Waals surface area (Å²) in [5.41, 5.74) is -2.63. The molecule has 1 aromatic heterocycles. The molecule has 0 spiro atoms. The Morgan fingerprint density at radius 3 is 2.13 bits per heavy atom. The first kappa shape index (κ1) is 29.8. The van der Waals surface area contributed by atoms with Gasteiger partial charge >= 0.3 is 18.3 Å². The van der Waals surface area contributed by atoms with Gasteiger partial charge in [-0.25, -0.2) is 19.2 Å². The van der Waals surface area contributed by atoms with Crippen LogP contribution in [0.15, 0.2) is 48.7 Å². The van der Waals surface area contributed by atoms with Crippen molar-refractivity contribution < 1.29 is 45.4 Å². The zero-order valence-corrected chi connectivity index (χ0v) is 20.4. The molecule has 1 aliphatic heterocycles. The van der Waals surface area contributed by atoms with E-state index in [1.54, 1.807) is 12.1 Å². The van der Waals surface area contributed by atoms with Gasteiger partial charge in [0.25, 0.3) is 0 Å². The molecule has 7 nitrogen and oxygen atoms in total. The first-order valence-corrected chi connectivity index (χ1v) is 11.3. The molecule has 2 heterocycles. The molecule has 0 unspecified atom stereocenters. The summed E-state index contributed by atoms with van der Waals surface area (Å²) in [6, 6.07) is 7.40. The molecule has 3 aromatic rings. The maximum absolute atomic E-state index is 14.0. The van der Waals surface area contributed by atoms with Crippen LogP contribution in [-0.2, 0) is 23.6 Å². The summed E-state index contributed by atoms with van der Waals surface area (Å²) in [4.78, 5) is 21.6. The Kier molecular flexibility index (Phi) is 9.45. The maximum Gasteiger partial charge on any atom is 0.416 e. The molecule has 14 heteroatoms. The molecule has 1 fully saturated rings. The van der Waals surface area contributed by atoms with Crippen molar-refractivity contribution in [3.63, 3.8) is 0 Å². The number of alkyl halides is 6. The fourth-order valence-electron chi connectivity index (χ4n) is 3.60. The lowest BCUT2D eigenvalue weighted by molar-refractivity contribution is -0.143. The third kappa shape index (κ3) is 7.86. The number of ether oxygens (including phenoxy) is 1. The minimum Gasteiger partial charge on any atom is -0.661 e. The Morgan fingerprint density at radius 2 is 1.62 bits per heavy atom. The van der Waals surface area contributed by atoms with Gasteiger partial charge in [0, 0.05) is 24.8 Å². The highest BCUT2D eigenvalue weighted by molar-refractivity contribution is 5.94. The monoisotopic (exact) mass is 559 g/mol. The van der Waals surface area contributed by atoms with E-state index in [4.69, 9.17) is 4.74 Å². The second-order valence-corrected chi connectivity index (χ2v) is 8.21. The molecule has 4 rings (SSSR count). The summed E-state index contributed by atoms with van der Waals surface area (Å²) >= 11 is 0. The number of benzene rings is 2. The van der Waals surface area contributed by atoms with E-state index < -0.39 is 35.3 Å². The van der Waals surface area contributed by atoms with Crippen molar-refractivity contribution in [2.45, 2.75) is 18.9 Å². The highest BCUT2D eigenvalue weighted by atomic mass is 19.4. The normalized spacial score (nSPS) is 14.0. The highest BCUT2D eigenvalue weighted by Gasteiger charge is 2.36. The fraction of sp³-hybridized carbons (Fsp3) is 0.320. The van der Waals surface area contributed by atoms with Crippen molar-refractivity contribution in [1.82, 2.24) is 9.97 Å². The summed E-state index contributed by atoms with van der Waals surface area (Å²) in [7, 11) is 1.31. The van der Waals surface area contributed by atoms with E-state index >= 15 is 0 Å². The number of hydrogen-bond donors (Lipinski definition) is 1. The van der Waals surface area contributed by atoms with Gasteiger partial charge in [0.2, 0.25) is 5.95 Å². The van der Waals surface area contributed by atoms with Crippen LogP contribution in [0.1, 0.15) is 27.0 Å². The summed E-state index contributed by atoms with van der Waals surface area (Å²) < 4.78 is 93.5. The number of rotatable bonds is 5. The Hall–Kier alpha value is -3.78. The molecule has 1 aliphatic rings. The number of nitrogens with zero attached hydrogens (tertiary/aromatic N) is 4. The molecule has 0 radical (unpaired) electrons. The molecular formula is C25H22F7N4O3-. The fourth-order valence-corrected chi connectivity index (χ4v) is 3.60. The standard InChI is InChI=1S/C15H14FN3O3.C10H8F6N/c16-12-4-2-1-3-10(12)13-11(14(20)21)9-17-15(18-13)19-5-7-22-8-6-19;1-17-5-6-2-7(9(11,12)13)4-8(3-6)10(14,15)16/h1-4,9H,5-8H2,(H,20,21);2-4H,5H2,1H3/q;-1. The van der Waals surface area contributed by atoms with Crippen molar-refractivity contribution in [2.24, 2.45) is 0 Å². The Bertz CT molecular complexity index is 1260. The number of carboxylic acid groups (broad SMARTS) is 1. The quantitative estimate of drug-likeness (QED) is 0.383. The largest absolute Gasteiger partial charge is 0.661 e. The zero-order chi connectivity index (χ0) is 28.8. The molecule has 210 valence electrons. The van der Waals surface area contributed by atoms with Gasteiger partial charge in [0.05, 0.1) is 30.0 Å². The third-order valence-corrected chi connectivity index (χ3v) is 5.42. The average Bonchev–Trinajstić information content (AvgIpc) is 2.88. The Balaban J connectivity index is 0.000000224. The van der Waals surface area contributed by atoms with E-state index in [-0.39, 0.29) is 35.0 Å². The van der Waals surface area contributed by atoms with Crippen LogP contribution in [0.2, 0.25) is 0 Å². The van der Waals surface area contributed by atoms with Crippen LogP contribution in [0.25, 0.3) is 16.6 Å². The van der Waals surface area contributed by atoms with E-state index in [9.17, 15) is 40.6 Å². The minimum atomic E-state index is -4.80. The van der Waals surface area contributed by atoms with Gasteiger partial charge in [-0.1, -0.05) is 17.7 Å². The predicted octanol–water partition coefficient (Wildman–Crippen LogP) is 6.05. The molecule has 0 aliphatic carbocycles. The molecule has 1 N–H and O–H groups in total. The van der Waals surface area contributed by atoms with Crippen LogP contribution in [0.4, 0.5) is 36.7 Å². The Morgan fingerprint density at radius 1 is 1.03 bits per heavy atom. The molecular weight excluding hydrogens is 537 g/mol. The molecule has 2 aromatic carbocycles. The number of halogens is 7. The number of aromatic nitrogens is 2. The maximum atomic E-state index is 14.0. The lowest BCUT2D eigenvalue weighted by atomic mass is 10.0. The topological polar surface area (TPSA) is 89.7 Å². The Labute approximate surface area is 218 Å². The van der Waals surface area contributed by atoms with Crippen LogP contribution >= 0.6 is 0 Å². The van der Waals surface area contributed by atoms with E-state index in [1.807, 2.05) is 4.90 Å². The number of carboxylic acids is 1. The molecule has 0 atom stereocenters. The number of carbonyl (C=O) groups is 1. The number of hydrogen-bond acceptors (Lipinski definition) is 5. The van der Waals surface area contributed by atoms with Crippen LogP contribution in [-0.4, -0.2) is 54.4 Å². The van der Waals surface area contributed by atoms with Crippen LogP contribution in [0.5, 0.6) is 0 Å². The molecule has 39 heavy (non-hydrogen) atoms. The summed E-state index contributed by atoms with van der Waals surface area (Å²) in [5, 5.41) is 12.8. The van der Waals surface area contributed by atoms with Crippen LogP contribution in [0, 0.1) is 5.82 Å². The van der Waals surface area contributed by atoms with Gasteiger partial charge in [0.15, 0.2) is 0 Å². The summed E-state index contributed by atoms with van der Waals surface area (Å²) in [5.74, 6) is -1.32. The van der Waals surface area contributed by atoms with Gasteiger partial charge < -0.3 is 20.1 Å². The van der Waals surface area contributed by atoms with Crippen molar-refractivity contribution in [3.8, 4) is 11.3 Å². The zero-order valence-electron chi connectivity index (χ0n) is 20.4. The number of anilines is 1. The molecule has 1 saturated heterocycles. The highest BCUT2D eigenvalue weighted by Crippen LogP contribution is 2.36. The SMILES string of the molecule is C[N-]Cc1cc(C(F)(F)F)cc(C(F)(F)F)c1.O=C(O)c1cnc(N2CCOCC2)nc1-c1ccccc1F. The number of aromatic carboxylic acids is 1. The first-order chi connectivity index (χ1) is 18.3. The summed E-state index contributed by atoms with van der Waals surface area (Å²) in [6.45, 7) is 2.15. The van der Waals surface area contributed by atoms with Crippen molar-refractivity contribution >= 4 is 11.9 Å². The van der Waals surface area contributed by atoms with E-state index in [0.717, 1.165) is 0 Å². The minimum absolute atomic E-state index is 0.0853. The molecule has 0 bridgehead atoms. The molecule has 0 amide bonds. The first-order valence-electron chi connectivity index (χ1n) is 11.3. The lowest BCUT2D eigenvalue weighted by Crippen LogP contribution is -2.37. The van der Waals surface area contributed by atoms with E-state index in [1.165, 1.54) is 25.4 Å². The average molecular weight is 559 g/mol. The van der Waals surface area contributed by atoms with Gasteiger partial charge in [-0.15, -0.1) is 6.54 Å². The third-order valence-electron chi connectivity index (χ3n) is 5.42. The van der Waals surface area contributed by atoms with E-state index in [0.29, 0.717) is 44.4 Å². The van der Waals surface area contributed by atoms with Gasteiger partial charge in [-0.2, -0.15) is 33.4 Å². The van der Waals surface area contributed by atoms with Gasteiger partial charge in [-0.05, 0) is 30.3 Å².